The lowest BCUT2D eigenvalue weighted by Gasteiger charge is -2.33. The standard InChI is InChI=1S/C24H26N2O6/c1-25(21(14-22(27)28)23(29)26-10-12-31-13-11-26)24(30)32-15-20-18-8-4-2-6-16(18)17-7-3-5-9-19(17)20/h2-9,20-21H,10-15H2,1H3,(H,27,28)/t21-/m0/s1. The summed E-state index contributed by atoms with van der Waals surface area (Å²) < 4.78 is 10.9. The number of carboxylic acid groups (broad SMARTS) is 1. The van der Waals surface area contributed by atoms with Crippen molar-refractivity contribution in [3.05, 3.63) is 59.7 Å². The molecule has 2 aliphatic rings. The molecule has 1 aliphatic heterocycles. The molecule has 4 rings (SSSR count). The first-order chi connectivity index (χ1) is 15.5. The van der Waals surface area contributed by atoms with Crippen LogP contribution >= 0.6 is 0 Å². The van der Waals surface area contributed by atoms with Crippen molar-refractivity contribution in [2.45, 2.75) is 18.4 Å². The maximum absolute atomic E-state index is 12.9. The number of ether oxygens (including phenoxy) is 2. The molecular formula is C24H26N2O6. The molecule has 0 saturated carbocycles. The van der Waals surface area contributed by atoms with E-state index in [0.29, 0.717) is 26.3 Å². The van der Waals surface area contributed by atoms with Gasteiger partial charge in [0.1, 0.15) is 12.6 Å². The van der Waals surface area contributed by atoms with E-state index in [2.05, 4.69) is 0 Å². The summed E-state index contributed by atoms with van der Waals surface area (Å²) in [5.74, 6) is -1.69. The van der Waals surface area contributed by atoms with Crippen LogP contribution in [0.4, 0.5) is 4.79 Å². The van der Waals surface area contributed by atoms with E-state index in [1.165, 1.54) is 11.9 Å². The average Bonchev–Trinajstić information content (AvgIpc) is 3.14. The fraction of sp³-hybridized carbons (Fsp3) is 0.375. The van der Waals surface area contributed by atoms with E-state index in [4.69, 9.17) is 9.47 Å². The van der Waals surface area contributed by atoms with Crippen molar-refractivity contribution in [2.24, 2.45) is 0 Å². The number of fused-ring (bicyclic) bond motifs is 3. The van der Waals surface area contributed by atoms with Gasteiger partial charge in [-0.15, -0.1) is 0 Å². The van der Waals surface area contributed by atoms with Crippen molar-refractivity contribution in [3.63, 3.8) is 0 Å². The van der Waals surface area contributed by atoms with Crippen LogP contribution in [0.2, 0.25) is 0 Å². The van der Waals surface area contributed by atoms with E-state index in [9.17, 15) is 19.5 Å². The molecule has 2 aromatic carbocycles. The van der Waals surface area contributed by atoms with Crippen LogP contribution in [0.1, 0.15) is 23.5 Å². The molecule has 8 nitrogen and oxygen atoms in total. The van der Waals surface area contributed by atoms with Crippen molar-refractivity contribution < 1.29 is 29.0 Å². The zero-order chi connectivity index (χ0) is 22.7. The van der Waals surface area contributed by atoms with Gasteiger partial charge in [-0.2, -0.15) is 0 Å². The third kappa shape index (κ3) is 4.31. The lowest BCUT2D eigenvalue weighted by Crippen LogP contribution is -2.53. The molecule has 8 heteroatoms. The molecule has 1 heterocycles. The molecule has 1 fully saturated rings. The van der Waals surface area contributed by atoms with Gasteiger partial charge in [0.25, 0.3) is 0 Å². The summed E-state index contributed by atoms with van der Waals surface area (Å²) in [5, 5.41) is 9.31. The summed E-state index contributed by atoms with van der Waals surface area (Å²) in [7, 11) is 1.41. The number of carbonyl (C=O) groups is 3. The summed E-state index contributed by atoms with van der Waals surface area (Å²) in [6, 6.07) is 14.9. The average molecular weight is 438 g/mol. The van der Waals surface area contributed by atoms with Gasteiger partial charge in [-0.25, -0.2) is 4.79 Å². The second-order valence-electron chi connectivity index (χ2n) is 7.97. The Morgan fingerprint density at radius 1 is 1.06 bits per heavy atom. The van der Waals surface area contributed by atoms with Gasteiger partial charge in [-0.3, -0.25) is 14.5 Å². The molecule has 0 unspecified atom stereocenters. The molecule has 0 aromatic heterocycles. The van der Waals surface area contributed by atoms with E-state index in [0.717, 1.165) is 27.2 Å². The van der Waals surface area contributed by atoms with Gasteiger partial charge in [-0.05, 0) is 22.3 Å². The van der Waals surface area contributed by atoms with E-state index in [-0.39, 0.29) is 12.5 Å². The molecule has 1 aliphatic carbocycles. The maximum Gasteiger partial charge on any atom is 0.410 e. The topological polar surface area (TPSA) is 96.4 Å². The highest BCUT2D eigenvalue weighted by Crippen LogP contribution is 2.44. The summed E-state index contributed by atoms with van der Waals surface area (Å²) in [5.41, 5.74) is 4.39. The predicted molar refractivity (Wildman–Crippen MR) is 116 cm³/mol. The third-order valence-electron chi connectivity index (χ3n) is 6.07. The minimum absolute atomic E-state index is 0.0999. The Morgan fingerprint density at radius 3 is 2.19 bits per heavy atom. The lowest BCUT2D eigenvalue weighted by molar-refractivity contribution is -0.147. The van der Waals surface area contributed by atoms with Crippen LogP contribution in [0.15, 0.2) is 48.5 Å². The van der Waals surface area contributed by atoms with Crippen LogP contribution in [-0.2, 0) is 19.1 Å². The van der Waals surface area contributed by atoms with Crippen LogP contribution in [0.25, 0.3) is 11.1 Å². The Balaban J connectivity index is 1.47. The number of benzene rings is 2. The van der Waals surface area contributed by atoms with Crippen molar-refractivity contribution in [1.29, 1.82) is 0 Å². The maximum atomic E-state index is 12.9. The highest BCUT2D eigenvalue weighted by atomic mass is 16.6. The van der Waals surface area contributed by atoms with Gasteiger partial charge >= 0.3 is 12.1 Å². The lowest BCUT2D eigenvalue weighted by atomic mass is 9.98. The van der Waals surface area contributed by atoms with Gasteiger partial charge in [0.2, 0.25) is 5.91 Å². The SMILES string of the molecule is CN(C(=O)OCC1c2ccccc2-c2ccccc21)[C@@H](CC(=O)O)C(=O)N1CCOCC1. The van der Waals surface area contributed by atoms with Gasteiger partial charge in [0.15, 0.2) is 0 Å². The molecule has 2 amide bonds. The summed E-state index contributed by atoms with van der Waals surface area (Å²) in [6.07, 6.45) is -1.21. The number of hydrogen-bond donors (Lipinski definition) is 1. The molecule has 32 heavy (non-hydrogen) atoms. The second-order valence-corrected chi connectivity index (χ2v) is 7.97. The summed E-state index contributed by atoms with van der Waals surface area (Å²) in [6.45, 7) is 1.62. The molecule has 1 saturated heterocycles. The second kappa shape index (κ2) is 9.40. The first-order valence-corrected chi connectivity index (χ1v) is 10.6. The van der Waals surface area contributed by atoms with Crippen molar-refractivity contribution in [1.82, 2.24) is 9.80 Å². The Hall–Kier alpha value is -3.39. The number of hydrogen-bond acceptors (Lipinski definition) is 5. The Morgan fingerprint density at radius 2 is 1.62 bits per heavy atom. The van der Waals surface area contributed by atoms with Crippen LogP contribution in [0.5, 0.6) is 0 Å². The van der Waals surface area contributed by atoms with Crippen molar-refractivity contribution >= 4 is 18.0 Å². The Kier molecular flexibility index (Phi) is 6.41. The number of amides is 2. The number of likely N-dealkylation sites (N-methyl/N-ethyl adjacent to an activating group) is 1. The summed E-state index contributed by atoms with van der Waals surface area (Å²) >= 11 is 0. The smallest absolute Gasteiger partial charge is 0.410 e. The first kappa shape index (κ1) is 21.8. The first-order valence-electron chi connectivity index (χ1n) is 10.6. The van der Waals surface area contributed by atoms with Crippen molar-refractivity contribution in [2.75, 3.05) is 40.0 Å². The van der Waals surface area contributed by atoms with Crippen LogP contribution in [0, 0.1) is 0 Å². The number of aliphatic carboxylic acids is 1. The minimum Gasteiger partial charge on any atom is -0.481 e. The highest BCUT2D eigenvalue weighted by molar-refractivity contribution is 5.89. The van der Waals surface area contributed by atoms with E-state index in [1.807, 2.05) is 48.5 Å². The van der Waals surface area contributed by atoms with Gasteiger partial charge in [0, 0.05) is 26.1 Å². The minimum atomic E-state index is -1.16. The largest absolute Gasteiger partial charge is 0.481 e. The monoisotopic (exact) mass is 438 g/mol. The fourth-order valence-corrected chi connectivity index (χ4v) is 4.37. The highest BCUT2D eigenvalue weighted by Gasteiger charge is 2.35. The number of carboxylic acids is 1. The fourth-order valence-electron chi connectivity index (χ4n) is 4.37. The Labute approximate surface area is 186 Å². The molecular weight excluding hydrogens is 412 g/mol. The van der Waals surface area contributed by atoms with Crippen molar-refractivity contribution in [3.8, 4) is 11.1 Å². The predicted octanol–water partition coefficient (Wildman–Crippen LogP) is 2.57. The molecule has 0 radical (unpaired) electrons. The van der Waals surface area contributed by atoms with Gasteiger partial charge in [0.05, 0.1) is 19.6 Å². The third-order valence-corrected chi connectivity index (χ3v) is 6.07. The van der Waals surface area contributed by atoms with Gasteiger partial charge < -0.3 is 19.5 Å². The van der Waals surface area contributed by atoms with Gasteiger partial charge in [-0.1, -0.05) is 48.5 Å². The molecule has 168 valence electrons. The molecule has 1 N–H and O–H groups in total. The van der Waals surface area contributed by atoms with E-state index < -0.39 is 30.4 Å². The summed E-state index contributed by atoms with van der Waals surface area (Å²) in [4.78, 5) is 39.8. The van der Waals surface area contributed by atoms with Crippen LogP contribution < -0.4 is 0 Å². The number of rotatable bonds is 6. The normalized spacial score (nSPS) is 16.1. The Bertz CT molecular complexity index is 972. The van der Waals surface area contributed by atoms with Crippen LogP contribution in [0.3, 0.4) is 0 Å². The number of carbonyl (C=O) groups excluding carboxylic acids is 2. The quantitative estimate of drug-likeness (QED) is 0.745. The zero-order valence-electron chi connectivity index (χ0n) is 17.9. The number of morpholine rings is 1. The molecule has 2 aromatic rings. The molecule has 1 atom stereocenters. The van der Waals surface area contributed by atoms with Crippen LogP contribution in [-0.4, -0.2) is 78.9 Å². The molecule has 0 spiro atoms. The number of nitrogens with zero attached hydrogens (tertiary/aromatic N) is 2. The van der Waals surface area contributed by atoms with E-state index >= 15 is 0 Å². The zero-order valence-corrected chi connectivity index (χ0v) is 17.9. The van der Waals surface area contributed by atoms with E-state index in [1.54, 1.807) is 0 Å². The molecule has 0 bridgehead atoms.